The van der Waals surface area contributed by atoms with E-state index in [2.05, 4.69) is 29.2 Å². The van der Waals surface area contributed by atoms with Gasteiger partial charge in [-0.3, -0.25) is 4.90 Å². The van der Waals surface area contributed by atoms with Gasteiger partial charge in [-0.25, -0.2) is 4.98 Å². The van der Waals surface area contributed by atoms with Gasteiger partial charge in [0.05, 0.1) is 11.3 Å². The van der Waals surface area contributed by atoms with Crippen LogP contribution in [0.1, 0.15) is 56.3 Å². The first-order chi connectivity index (χ1) is 9.92. The van der Waals surface area contributed by atoms with E-state index < -0.39 is 5.60 Å². The van der Waals surface area contributed by atoms with Gasteiger partial charge in [-0.05, 0) is 45.6 Å². The van der Waals surface area contributed by atoms with Crippen molar-refractivity contribution in [1.82, 2.24) is 9.88 Å². The number of aromatic nitrogens is 1. The van der Waals surface area contributed by atoms with Crippen LogP contribution in [-0.2, 0) is 11.3 Å². The molecule has 0 aliphatic heterocycles. The van der Waals surface area contributed by atoms with Crippen molar-refractivity contribution in [3.05, 3.63) is 16.1 Å². The lowest BCUT2D eigenvalue weighted by Crippen LogP contribution is -2.43. The topological polar surface area (TPSA) is 45.6 Å². The summed E-state index contributed by atoms with van der Waals surface area (Å²) in [4.78, 5) is 6.81. The Kier molecular flexibility index (Phi) is 5.77. The van der Waals surface area contributed by atoms with Crippen LogP contribution in [0.4, 0.5) is 0 Å². The molecule has 1 N–H and O–H groups in total. The van der Waals surface area contributed by atoms with E-state index in [1.807, 2.05) is 6.92 Å². The van der Waals surface area contributed by atoms with Crippen LogP contribution in [0.25, 0.3) is 0 Å². The Morgan fingerprint density at radius 2 is 2.19 bits per heavy atom. The molecule has 5 heteroatoms. The highest BCUT2D eigenvalue weighted by molar-refractivity contribution is 7.09. The molecule has 21 heavy (non-hydrogen) atoms. The second-order valence-corrected chi connectivity index (χ2v) is 7.52. The Hall–Kier alpha value is -0.490. The third-order valence-electron chi connectivity index (χ3n) is 4.47. The molecule has 0 radical (unpaired) electrons. The number of methoxy groups -OCH3 is 1. The van der Waals surface area contributed by atoms with Crippen LogP contribution in [-0.4, -0.2) is 41.3 Å². The first-order valence-corrected chi connectivity index (χ1v) is 8.68. The van der Waals surface area contributed by atoms with E-state index in [0.717, 1.165) is 55.4 Å². The summed E-state index contributed by atoms with van der Waals surface area (Å²) in [5, 5.41) is 13.8. The highest BCUT2D eigenvalue weighted by Crippen LogP contribution is 2.32. The second kappa shape index (κ2) is 7.18. The van der Waals surface area contributed by atoms with E-state index in [9.17, 15) is 5.11 Å². The van der Waals surface area contributed by atoms with Gasteiger partial charge in [0.1, 0.15) is 11.1 Å². The average Bonchev–Trinajstić information content (AvgIpc) is 2.89. The molecule has 1 atom stereocenters. The third-order valence-corrected chi connectivity index (χ3v) is 5.53. The summed E-state index contributed by atoms with van der Waals surface area (Å²) in [5.41, 5.74) is 0.550. The summed E-state index contributed by atoms with van der Waals surface area (Å²) in [7, 11) is 3.77. The van der Waals surface area contributed by atoms with E-state index in [4.69, 9.17) is 4.74 Å². The zero-order valence-electron chi connectivity index (χ0n) is 13.6. The number of hydrogen-bond donors (Lipinski definition) is 1. The molecule has 0 aromatic carbocycles. The Bertz CT molecular complexity index is 441. The smallest absolute Gasteiger partial charge is 0.122 e. The first-order valence-electron chi connectivity index (χ1n) is 7.80. The highest BCUT2D eigenvalue weighted by Gasteiger charge is 2.32. The number of ether oxygens (including phenoxy) is 1. The zero-order chi connectivity index (χ0) is 15.5. The Balaban J connectivity index is 1.86. The highest BCUT2D eigenvalue weighted by atomic mass is 32.1. The number of rotatable bonds is 6. The molecule has 1 aromatic heterocycles. The maximum absolute atomic E-state index is 10.7. The van der Waals surface area contributed by atoms with Gasteiger partial charge in [0.2, 0.25) is 0 Å². The number of hydrogen-bond acceptors (Lipinski definition) is 5. The molecule has 4 nitrogen and oxygen atoms in total. The molecule has 120 valence electrons. The minimum atomic E-state index is -0.514. The van der Waals surface area contributed by atoms with Crippen LogP contribution in [0, 0.1) is 5.92 Å². The standard InChI is InChI=1S/C16H28N2O2S/c1-12-5-7-16(19,8-6-12)11-18(3)9-14-10-21-15(17-14)13(2)20-4/h10,12-13,19H,5-9,11H2,1-4H3. The van der Waals surface area contributed by atoms with Crippen molar-refractivity contribution in [1.29, 1.82) is 0 Å². The van der Waals surface area contributed by atoms with Gasteiger partial charge >= 0.3 is 0 Å². The number of likely N-dealkylation sites (N-methyl/N-ethyl adjacent to an activating group) is 1. The van der Waals surface area contributed by atoms with E-state index in [-0.39, 0.29) is 6.10 Å². The number of aliphatic hydroxyl groups is 1. The van der Waals surface area contributed by atoms with Gasteiger partial charge in [0, 0.05) is 25.6 Å². The van der Waals surface area contributed by atoms with Crippen LogP contribution in [0.2, 0.25) is 0 Å². The van der Waals surface area contributed by atoms with Crippen molar-refractivity contribution in [2.24, 2.45) is 5.92 Å². The lowest BCUT2D eigenvalue weighted by atomic mass is 9.79. The van der Waals surface area contributed by atoms with Gasteiger partial charge in [-0.1, -0.05) is 6.92 Å². The Morgan fingerprint density at radius 1 is 1.52 bits per heavy atom. The third kappa shape index (κ3) is 4.74. The lowest BCUT2D eigenvalue weighted by Gasteiger charge is -2.37. The monoisotopic (exact) mass is 312 g/mol. The molecule has 0 spiro atoms. The quantitative estimate of drug-likeness (QED) is 0.876. The molecule has 1 aliphatic carbocycles. The molecular formula is C16H28N2O2S. The van der Waals surface area contributed by atoms with Crippen LogP contribution in [0.15, 0.2) is 5.38 Å². The van der Waals surface area contributed by atoms with Gasteiger partial charge in [0.25, 0.3) is 0 Å². The molecule has 1 aromatic rings. The predicted octanol–water partition coefficient (Wildman–Crippen LogP) is 3.22. The Labute approximate surface area is 132 Å². The molecule has 1 heterocycles. The molecule has 0 saturated heterocycles. The van der Waals surface area contributed by atoms with Gasteiger partial charge in [0.15, 0.2) is 0 Å². The molecule has 1 aliphatic rings. The van der Waals surface area contributed by atoms with E-state index in [1.54, 1.807) is 18.4 Å². The van der Waals surface area contributed by atoms with Crippen molar-refractivity contribution < 1.29 is 9.84 Å². The van der Waals surface area contributed by atoms with Gasteiger partial charge in [-0.2, -0.15) is 0 Å². The summed E-state index contributed by atoms with van der Waals surface area (Å²) in [6.07, 6.45) is 4.16. The fourth-order valence-corrected chi connectivity index (χ4v) is 3.82. The van der Waals surface area contributed by atoms with E-state index >= 15 is 0 Å². The molecule has 2 rings (SSSR count). The lowest BCUT2D eigenvalue weighted by molar-refractivity contribution is -0.0317. The van der Waals surface area contributed by atoms with E-state index in [0.29, 0.717) is 0 Å². The normalized spacial score (nSPS) is 28.0. The summed E-state index contributed by atoms with van der Waals surface area (Å²) >= 11 is 1.64. The average molecular weight is 312 g/mol. The van der Waals surface area contributed by atoms with Crippen LogP contribution < -0.4 is 0 Å². The number of thiazole rings is 1. The van der Waals surface area contributed by atoms with Crippen molar-refractivity contribution in [2.75, 3.05) is 20.7 Å². The molecule has 1 saturated carbocycles. The fourth-order valence-electron chi connectivity index (χ4n) is 2.98. The van der Waals surface area contributed by atoms with Gasteiger partial charge in [-0.15, -0.1) is 11.3 Å². The maximum Gasteiger partial charge on any atom is 0.122 e. The summed E-state index contributed by atoms with van der Waals surface area (Å²) in [6, 6.07) is 0. The van der Waals surface area contributed by atoms with Crippen LogP contribution in [0.5, 0.6) is 0 Å². The fraction of sp³-hybridized carbons (Fsp3) is 0.812. The molecule has 0 bridgehead atoms. The van der Waals surface area contributed by atoms with Crippen molar-refractivity contribution in [2.45, 2.75) is 57.8 Å². The predicted molar refractivity (Wildman–Crippen MR) is 86.5 cm³/mol. The van der Waals surface area contributed by atoms with Crippen molar-refractivity contribution in [3.8, 4) is 0 Å². The minimum Gasteiger partial charge on any atom is -0.389 e. The zero-order valence-corrected chi connectivity index (χ0v) is 14.4. The number of nitrogens with zero attached hydrogens (tertiary/aromatic N) is 2. The van der Waals surface area contributed by atoms with Crippen molar-refractivity contribution in [3.63, 3.8) is 0 Å². The van der Waals surface area contributed by atoms with Crippen molar-refractivity contribution >= 4 is 11.3 Å². The summed E-state index contributed by atoms with van der Waals surface area (Å²) in [5.74, 6) is 0.757. The van der Waals surface area contributed by atoms with E-state index in [1.165, 1.54) is 0 Å². The second-order valence-electron chi connectivity index (χ2n) is 6.63. The largest absolute Gasteiger partial charge is 0.389 e. The molecular weight excluding hydrogens is 284 g/mol. The summed E-state index contributed by atoms with van der Waals surface area (Å²) < 4.78 is 5.30. The molecule has 1 fully saturated rings. The minimum absolute atomic E-state index is 0.0538. The molecule has 0 amide bonds. The van der Waals surface area contributed by atoms with Crippen LogP contribution in [0.3, 0.4) is 0 Å². The van der Waals surface area contributed by atoms with Gasteiger partial charge < -0.3 is 9.84 Å². The summed E-state index contributed by atoms with van der Waals surface area (Å²) in [6.45, 7) is 5.80. The SMILES string of the molecule is COC(C)c1nc(CN(C)CC2(O)CCC(C)CC2)cs1. The first kappa shape index (κ1) is 16.9. The maximum atomic E-state index is 10.7. The molecule has 1 unspecified atom stereocenters. The Morgan fingerprint density at radius 3 is 2.81 bits per heavy atom. The van der Waals surface area contributed by atoms with Crippen LogP contribution >= 0.6 is 11.3 Å².